The maximum absolute atomic E-state index is 11.3. The quantitative estimate of drug-likeness (QED) is 0.557. The molecule has 0 aromatic carbocycles. The summed E-state index contributed by atoms with van der Waals surface area (Å²) in [6, 6.07) is 0.746. The molecular weight excluding hydrogens is 226 g/mol. The summed E-state index contributed by atoms with van der Waals surface area (Å²) in [7, 11) is 2.43. The molecule has 1 heterocycles. The van der Waals surface area contributed by atoms with Crippen LogP contribution in [0.1, 0.15) is 45.4 Å². The predicted octanol–water partition coefficient (Wildman–Crippen LogP) is 2.35. The van der Waals surface area contributed by atoms with Crippen LogP contribution < -0.4 is 0 Å². The van der Waals surface area contributed by atoms with Gasteiger partial charge in [0.2, 0.25) is 0 Å². The van der Waals surface area contributed by atoms with Gasteiger partial charge in [0.05, 0.1) is 26.2 Å². The molecule has 2 bridgehead atoms. The molecule has 3 aliphatic rings. The van der Waals surface area contributed by atoms with Gasteiger partial charge < -0.3 is 9.22 Å². The maximum Gasteiger partial charge on any atom is 0.302 e. The summed E-state index contributed by atoms with van der Waals surface area (Å²) in [5.74, 6) is 1.21. The van der Waals surface area contributed by atoms with Crippen molar-refractivity contribution in [2.24, 2.45) is 11.8 Å². The molecule has 3 heteroatoms. The van der Waals surface area contributed by atoms with Crippen molar-refractivity contribution in [1.82, 2.24) is 0 Å². The molecule has 3 fully saturated rings. The van der Waals surface area contributed by atoms with E-state index >= 15 is 0 Å². The minimum absolute atomic E-state index is 0.0818. The Morgan fingerprint density at radius 1 is 1.11 bits per heavy atom. The van der Waals surface area contributed by atoms with Gasteiger partial charge in [-0.1, -0.05) is 0 Å². The molecule has 2 saturated carbocycles. The van der Waals surface area contributed by atoms with Crippen LogP contribution in [0, 0.1) is 11.8 Å². The first-order valence-corrected chi connectivity index (χ1v) is 7.61. The number of quaternary nitrogens is 1. The van der Waals surface area contributed by atoms with Crippen molar-refractivity contribution in [2.75, 3.05) is 20.1 Å². The first-order chi connectivity index (χ1) is 8.60. The molecule has 3 nitrogen and oxygen atoms in total. The lowest BCUT2D eigenvalue weighted by molar-refractivity contribution is -0.927. The van der Waals surface area contributed by atoms with Crippen LogP contribution in [0.4, 0.5) is 0 Å². The molecule has 0 aromatic rings. The number of hydrogen-bond donors (Lipinski definition) is 0. The number of carbonyl (C=O) groups excluding carboxylic acids is 1. The first kappa shape index (κ1) is 12.5. The summed E-state index contributed by atoms with van der Waals surface area (Å²) >= 11 is 0. The van der Waals surface area contributed by atoms with Crippen molar-refractivity contribution in [2.45, 2.75) is 57.6 Å². The van der Waals surface area contributed by atoms with Crippen LogP contribution in [0.2, 0.25) is 0 Å². The molecule has 4 atom stereocenters. The van der Waals surface area contributed by atoms with E-state index in [4.69, 9.17) is 4.74 Å². The van der Waals surface area contributed by atoms with Gasteiger partial charge in [-0.25, -0.2) is 0 Å². The zero-order chi connectivity index (χ0) is 12.8. The third-order valence-corrected chi connectivity index (χ3v) is 5.78. The van der Waals surface area contributed by atoms with Crippen LogP contribution in [0.5, 0.6) is 0 Å². The second kappa shape index (κ2) is 4.52. The number of likely N-dealkylation sites (tertiary alicyclic amines) is 1. The predicted molar refractivity (Wildman–Crippen MR) is 69.9 cm³/mol. The Bertz CT molecular complexity index is 335. The van der Waals surface area contributed by atoms with Crippen molar-refractivity contribution >= 4 is 5.97 Å². The van der Waals surface area contributed by atoms with E-state index in [2.05, 4.69) is 7.05 Å². The molecule has 3 rings (SSSR count). The lowest BCUT2D eigenvalue weighted by Gasteiger charge is -2.45. The van der Waals surface area contributed by atoms with Gasteiger partial charge in [-0.05, 0) is 25.2 Å². The lowest BCUT2D eigenvalue weighted by Crippen LogP contribution is -2.57. The monoisotopic (exact) mass is 252 g/mol. The highest BCUT2D eigenvalue weighted by Crippen LogP contribution is 2.48. The first-order valence-electron chi connectivity index (χ1n) is 7.61. The van der Waals surface area contributed by atoms with Gasteiger partial charge in [0.1, 0.15) is 6.10 Å². The van der Waals surface area contributed by atoms with E-state index in [1.165, 1.54) is 56.1 Å². The van der Waals surface area contributed by atoms with E-state index in [1.807, 2.05) is 0 Å². The Morgan fingerprint density at radius 2 is 1.78 bits per heavy atom. The highest BCUT2D eigenvalue weighted by Gasteiger charge is 2.53. The smallest absolute Gasteiger partial charge is 0.302 e. The Labute approximate surface area is 110 Å². The van der Waals surface area contributed by atoms with E-state index in [-0.39, 0.29) is 12.1 Å². The molecule has 0 spiro atoms. The van der Waals surface area contributed by atoms with Crippen LogP contribution in [0.25, 0.3) is 0 Å². The van der Waals surface area contributed by atoms with E-state index < -0.39 is 0 Å². The van der Waals surface area contributed by atoms with Crippen molar-refractivity contribution in [3.63, 3.8) is 0 Å². The number of carbonyl (C=O) groups is 1. The number of fused-ring (bicyclic) bond motifs is 2. The molecule has 0 N–H and O–H groups in total. The molecule has 0 radical (unpaired) electrons. The maximum atomic E-state index is 11.3. The highest BCUT2D eigenvalue weighted by molar-refractivity contribution is 5.66. The topological polar surface area (TPSA) is 26.3 Å². The van der Waals surface area contributed by atoms with Crippen molar-refractivity contribution < 1.29 is 14.0 Å². The van der Waals surface area contributed by atoms with Gasteiger partial charge in [0.25, 0.3) is 0 Å². The van der Waals surface area contributed by atoms with Crippen LogP contribution in [-0.4, -0.2) is 42.7 Å². The molecule has 0 unspecified atom stereocenters. The highest BCUT2D eigenvalue weighted by atomic mass is 16.5. The summed E-state index contributed by atoms with van der Waals surface area (Å²) in [4.78, 5) is 11.3. The van der Waals surface area contributed by atoms with Crippen molar-refractivity contribution in [1.29, 1.82) is 0 Å². The molecule has 18 heavy (non-hydrogen) atoms. The van der Waals surface area contributed by atoms with Crippen LogP contribution in [0.3, 0.4) is 0 Å². The average Bonchev–Trinajstić information content (AvgIpc) is 2.83. The van der Waals surface area contributed by atoms with Gasteiger partial charge in [-0.2, -0.15) is 0 Å². The second-order valence-corrected chi connectivity index (χ2v) is 6.85. The zero-order valence-electron chi connectivity index (χ0n) is 11.7. The Morgan fingerprint density at radius 3 is 2.44 bits per heavy atom. The number of rotatable bonds is 2. The SMILES string of the molecule is CC(=O)O[C@@H]1[C@H]2CC[C@@H]1[C@H]([N+]1(C)CCCC1)CC2. The summed E-state index contributed by atoms with van der Waals surface area (Å²) in [6.07, 6.45) is 8.16. The minimum Gasteiger partial charge on any atom is -0.462 e. The molecule has 102 valence electrons. The van der Waals surface area contributed by atoms with E-state index in [0.717, 1.165) is 6.04 Å². The normalized spacial score (nSPS) is 41.9. The summed E-state index contributed by atoms with van der Waals surface area (Å²) in [6.45, 7) is 4.23. The summed E-state index contributed by atoms with van der Waals surface area (Å²) in [5, 5.41) is 0. The third kappa shape index (κ3) is 1.97. The van der Waals surface area contributed by atoms with Gasteiger partial charge in [-0.15, -0.1) is 0 Å². The molecule has 1 aliphatic heterocycles. The zero-order valence-corrected chi connectivity index (χ0v) is 11.7. The fourth-order valence-corrected chi connectivity index (χ4v) is 4.94. The third-order valence-electron chi connectivity index (χ3n) is 5.78. The Hall–Kier alpha value is -0.570. The Kier molecular flexibility index (Phi) is 3.13. The average molecular weight is 252 g/mol. The van der Waals surface area contributed by atoms with Crippen LogP contribution in [-0.2, 0) is 9.53 Å². The van der Waals surface area contributed by atoms with Gasteiger partial charge >= 0.3 is 5.97 Å². The molecule has 0 aromatic heterocycles. The van der Waals surface area contributed by atoms with E-state index in [1.54, 1.807) is 6.92 Å². The number of ether oxygens (including phenoxy) is 1. The number of esters is 1. The molecule has 1 saturated heterocycles. The van der Waals surface area contributed by atoms with Gasteiger partial charge in [-0.3, -0.25) is 4.79 Å². The van der Waals surface area contributed by atoms with Crippen LogP contribution in [0.15, 0.2) is 0 Å². The number of hydrogen-bond acceptors (Lipinski definition) is 2. The minimum atomic E-state index is -0.0818. The van der Waals surface area contributed by atoms with Crippen molar-refractivity contribution in [3.8, 4) is 0 Å². The fourth-order valence-electron chi connectivity index (χ4n) is 4.94. The number of nitrogens with zero attached hydrogens (tertiary/aromatic N) is 1. The fraction of sp³-hybridized carbons (Fsp3) is 0.933. The molecule has 2 aliphatic carbocycles. The second-order valence-electron chi connectivity index (χ2n) is 6.85. The Balaban J connectivity index is 1.78. The van der Waals surface area contributed by atoms with Crippen LogP contribution >= 0.6 is 0 Å². The summed E-state index contributed by atoms with van der Waals surface area (Å²) < 4.78 is 6.91. The summed E-state index contributed by atoms with van der Waals surface area (Å²) in [5.41, 5.74) is 0. The standard InChI is InChI=1S/C15H26NO2/c1-11(17)18-15-12-5-7-13(15)14(8-6-12)16(2)9-3-4-10-16/h12-15H,3-10H2,1-2H3/q+1/t12-,13+,14+,15+/m0/s1. The largest absolute Gasteiger partial charge is 0.462 e. The van der Waals surface area contributed by atoms with E-state index in [0.29, 0.717) is 11.8 Å². The molecule has 0 amide bonds. The molecular formula is C15H26NO2+. The van der Waals surface area contributed by atoms with Gasteiger partial charge in [0.15, 0.2) is 0 Å². The lowest BCUT2D eigenvalue weighted by atomic mass is 9.80. The van der Waals surface area contributed by atoms with E-state index in [9.17, 15) is 4.79 Å². The van der Waals surface area contributed by atoms with Crippen molar-refractivity contribution in [3.05, 3.63) is 0 Å². The van der Waals surface area contributed by atoms with Gasteiger partial charge in [0, 0.05) is 32.1 Å².